The van der Waals surface area contributed by atoms with Gasteiger partial charge in [-0.15, -0.1) is 0 Å². The van der Waals surface area contributed by atoms with Crippen molar-refractivity contribution >= 4 is 17.4 Å². The maximum absolute atomic E-state index is 9.22. The van der Waals surface area contributed by atoms with Crippen LogP contribution in [0, 0.1) is 11.3 Å². The molecule has 2 heterocycles. The van der Waals surface area contributed by atoms with Crippen molar-refractivity contribution in [2.75, 3.05) is 11.4 Å². The predicted molar refractivity (Wildman–Crippen MR) is 81.1 cm³/mol. The van der Waals surface area contributed by atoms with Crippen molar-refractivity contribution in [2.45, 2.75) is 19.6 Å². The van der Waals surface area contributed by atoms with Crippen molar-refractivity contribution in [3.8, 4) is 6.07 Å². The Hall–Kier alpha value is -2.09. The van der Waals surface area contributed by atoms with Crippen LogP contribution in [0.25, 0.3) is 0 Å². The number of aliphatic hydroxyl groups excluding tert-OH is 1. The summed E-state index contributed by atoms with van der Waals surface area (Å²) in [5.41, 5.74) is 3.60. The molecule has 5 heteroatoms. The van der Waals surface area contributed by atoms with Gasteiger partial charge in [-0.1, -0.05) is 23.7 Å². The van der Waals surface area contributed by atoms with Gasteiger partial charge in [0.15, 0.2) is 0 Å². The van der Waals surface area contributed by atoms with Gasteiger partial charge in [0, 0.05) is 13.1 Å². The number of benzene rings is 1. The summed E-state index contributed by atoms with van der Waals surface area (Å²) in [5.74, 6) is 0.691. The topological polar surface area (TPSA) is 60.2 Å². The highest BCUT2D eigenvalue weighted by molar-refractivity contribution is 6.32. The highest BCUT2D eigenvalue weighted by Gasteiger charge is 2.21. The largest absolute Gasteiger partial charge is 0.390 e. The molecule has 2 aromatic rings. The molecule has 21 heavy (non-hydrogen) atoms. The van der Waals surface area contributed by atoms with Gasteiger partial charge in [-0.2, -0.15) is 5.26 Å². The SMILES string of the molecule is N#Cc1cccc2c1CCN(c1nc(CO)ccc1Cl)C2. The van der Waals surface area contributed by atoms with Crippen LogP contribution in [0.3, 0.4) is 0 Å². The van der Waals surface area contributed by atoms with Gasteiger partial charge in [0.25, 0.3) is 0 Å². The number of nitrogens with zero attached hydrogens (tertiary/aromatic N) is 3. The van der Waals surface area contributed by atoms with Crippen LogP contribution >= 0.6 is 11.6 Å². The fraction of sp³-hybridized carbons (Fsp3) is 0.250. The second-order valence-electron chi connectivity index (χ2n) is 4.99. The van der Waals surface area contributed by atoms with E-state index in [1.807, 2.05) is 18.2 Å². The number of fused-ring (bicyclic) bond motifs is 1. The van der Waals surface area contributed by atoms with E-state index in [1.165, 1.54) is 0 Å². The van der Waals surface area contributed by atoms with Gasteiger partial charge in [-0.25, -0.2) is 4.98 Å². The third-order valence-electron chi connectivity index (χ3n) is 3.73. The molecular formula is C16H14ClN3O. The number of rotatable bonds is 2. The normalized spacial score (nSPS) is 13.7. The van der Waals surface area contributed by atoms with Crippen molar-refractivity contribution in [3.05, 3.63) is 57.7 Å². The fourth-order valence-corrected chi connectivity index (χ4v) is 2.90. The maximum atomic E-state index is 9.22. The molecule has 1 N–H and O–H groups in total. The van der Waals surface area contributed by atoms with Crippen molar-refractivity contribution in [3.63, 3.8) is 0 Å². The molecule has 0 spiro atoms. The molecule has 0 amide bonds. The zero-order valence-corrected chi connectivity index (χ0v) is 12.1. The maximum Gasteiger partial charge on any atom is 0.148 e. The second kappa shape index (κ2) is 5.72. The van der Waals surface area contributed by atoms with Crippen LogP contribution in [0.15, 0.2) is 30.3 Å². The molecular weight excluding hydrogens is 286 g/mol. The summed E-state index contributed by atoms with van der Waals surface area (Å²) >= 11 is 6.23. The van der Waals surface area contributed by atoms with E-state index in [-0.39, 0.29) is 6.61 Å². The molecule has 0 saturated carbocycles. The van der Waals surface area contributed by atoms with Crippen molar-refractivity contribution in [1.29, 1.82) is 5.26 Å². The lowest BCUT2D eigenvalue weighted by molar-refractivity contribution is 0.277. The number of hydrogen-bond donors (Lipinski definition) is 1. The molecule has 0 bridgehead atoms. The third kappa shape index (κ3) is 2.58. The molecule has 4 nitrogen and oxygen atoms in total. The molecule has 1 aromatic carbocycles. The molecule has 1 aliphatic rings. The number of anilines is 1. The van der Waals surface area contributed by atoms with E-state index in [9.17, 15) is 5.11 Å². The first kappa shape index (κ1) is 13.9. The fourth-order valence-electron chi connectivity index (χ4n) is 2.68. The average Bonchev–Trinajstić information content (AvgIpc) is 2.54. The van der Waals surface area contributed by atoms with Crippen molar-refractivity contribution in [1.82, 2.24) is 4.98 Å². The Kier molecular flexibility index (Phi) is 3.78. The summed E-state index contributed by atoms with van der Waals surface area (Å²) in [6.45, 7) is 1.33. The number of aromatic nitrogens is 1. The van der Waals surface area contributed by atoms with Crippen LogP contribution in [-0.4, -0.2) is 16.6 Å². The minimum atomic E-state index is -0.104. The predicted octanol–water partition coefficient (Wildman–Crippen LogP) is 2.66. The second-order valence-corrected chi connectivity index (χ2v) is 5.40. The van der Waals surface area contributed by atoms with E-state index in [0.29, 0.717) is 23.1 Å². The standard InChI is InChI=1S/C16H14ClN3O/c17-15-5-4-13(10-21)19-16(15)20-7-6-14-11(8-18)2-1-3-12(14)9-20/h1-5,21H,6-7,9-10H2. The zero-order valence-electron chi connectivity index (χ0n) is 11.4. The first-order chi connectivity index (χ1) is 10.2. The van der Waals surface area contributed by atoms with Gasteiger partial charge < -0.3 is 10.0 Å². The lowest BCUT2D eigenvalue weighted by Gasteiger charge is -2.31. The first-order valence-electron chi connectivity index (χ1n) is 6.75. The third-order valence-corrected chi connectivity index (χ3v) is 4.03. The van der Waals surface area contributed by atoms with E-state index in [4.69, 9.17) is 16.9 Å². The van der Waals surface area contributed by atoms with Crippen LogP contribution in [-0.2, 0) is 19.6 Å². The van der Waals surface area contributed by atoms with E-state index in [2.05, 4.69) is 16.0 Å². The van der Waals surface area contributed by atoms with Crippen molar-refractivity contribution < 1.29 is 5.11 Å². The molecule has 0 radical (unpaired) electrons. The van der Waals surface area contributed by atoms with Gasteiger partial charge in [0.05, 0.1) is 29.0 Å². The molecule has 0 aliphatic carbocycles. The molecule has 0 unspecified atom stereocenters. The van der Waals surface area contributed by atoms with Gasteiger partial charge in [0.2, 0.25) is 0 Å². The monoisotopic (exact) mass is 299 g/mol. The molecule has 1 aliphatic heterocycles. The molecule has 0 fully saturated rings. The Morgan fingerprint density at radius 3 is 2.95 bits per heavy atom. The zero-order chi connectivity index (χ0) is 14.8. The van der Waals surface area contributed by atoms with E-state index in [0.717, 1.165) is 29.7 Å². The number of pyridine rings is 1. The highest BCUT2D eigenvalue weighted by atomic mass is 35.5. The minimum Gasteiger partial charge on any atom is -0.390 e. The summed E-state index contributed by atoms with van der Waals surface area (Å²) in [7, 11) is 0. The first-order valence-corrected chi connectivity index (χ1v) is 7.13. The van der Waals surface area contributed by atoms with Gasteiger partial charge in [-0.05, 0) is 35.7 Å². The van der Waals surface area contributed by atoms with Crippen LogP contribution in [0.4, 0.5) is 5.82 Å². The van der Waals surface area contributed by atoms with Crippen LogP contribution in [0.1, 0.15) is 22.4 Å². The van der Waals surface area contributed by atoms with E-state index >= 15 is 0 Å². The Morgan fingerprint density at radius 2 is 2.19 bits per heavy atom. The van der Waals surface area contributed by atoms with Gasteiger partial charge in [0.1, 0.15) is 5.82 Å². The number of aliphatic hydroxyl groups is 1. The quantitative estimate of drug-likeness (QED) is 0.926. The molecule has 0 atom stereocenters. The Bertz CT molecular complexity index is 724. The summed E-state index contributed by atoms with van der Waals surface area (Å²) in [6.07, 6.45) is 0.792. The Balaban J connectivity index is 1.95. The van der Waals surface area contributed by atoms with Crippen LogP contribution in [0.2, 0.25) is 5.02 Å². The summed E-state index contributed by atoms with van der Waals surface area (Å²) in [5, 5.41) is 19.0. The lowest BCUT2D eigenvalue weighted by atomic mass is 9.95. The van der Waals surface area contributed by atoms with Crippen LogP contribution < -0.4 is 4.90 Å². The number of halogens is 1. The molecule has 1 aromatic heterocycles. The highest BCUT2D eigenvalue weighted by Crippen LogP contribution is 2.30. The molecule has 0 saturated heterocycles. The lowest BCUT2D eigenvalue weighted by Crippen LogP contribution is -2.32. The summed E-state index contributed by atoms with van der Waals surface area (Å²) in [4.78, 5) is 6.50. The molecule has 106 valence electrons. The Morgan fingerprint density at radius 1 is 1.33 bits per heavy atom. The number of hydrogen-bond acceptors (Lipinski definition) is 4. The summed E-state index contributed by atoms with van der Waals surface area (Å²) < 4.78 is 0. The van der Waals surface area contributed by atoms with Crippen molar-refractivity contribution in [2.24, 2.45) is 0 Å². The van der Waals surface area contributed by atoms with Gasteiger partial charge >= 0.3 is 0 Å². The van der Waals surface area contributed by atoms with E-state index in [1.54, 1.807) is 12.1 Å². The Labute approximate surface area is 128 Å². The average molecular weight is 300 g/mol. The van der Waals surface area contributed by atoms with E-state index < -0.39 is 0 Å². The van der Waals surface area contributed by atoms with Crippen LogP contribution in [0.5, 0.6) is 0 Å². The summed E-state index contributed by atoms with van der Waals surface area (Å²) in [6, 6.07) is 11.5. The molecule has 3 rings (SSSR count). The smallest absolute Gasteiger partial charge is 0.148 e. The number of nitriles is 1. The van der Waals surface area contributed by atoms with Gasteiger partial charge in [-0.3, -0.25) is 0 Å². The minimum absolute atomic E-state index is 0.104.